The molecule has 11 heteroatoms. The van der Waals surface area contributed by atoms with Crippen molar-refractivity contribution in [3.63, 3.8) is 0 Å². The topological polar surface area (TPSA) is 149 Å². The Bertz CT molecular complexity index is 1150. The third-order valence-electron chi connectivity index (χ3n) is 10.6. The first-order valence-electron chi connectivity index (χ1n) is 24.6. The third kappa shape index (κ3) is 44.3. The molecule has 0 saturated carbocycles. The van der Waals surface area contributed by atoms with Crippen molar-refractivity contribution in [2.45, 2.75) is 232 Å². The molecule has 0 radical (unpaired) electrons. The first-order chi connectivity index (χ1) is 29.8. The molecule has 10 nitrogen and oxygen atoms in total. The van der Waals surface area contributed by atoms with Crippen LogP contribution in [0, 0.1) is 0 Å². The molecule has 0 aromatic heterocycles. The summed E-state index contributed by atoms with van der Waals surface area (Å²) in [5.41, 5.74) is 0. The fraction of sp³-hybridized carbons (Fsp3) is 0.800. The summed E-state index contributed by atoms with van der Waals surface area (Å²) in [7, 11) is -4.65. The summed E-state index contributed by atoms with van der Waals surface area (Å²) in [6, 6.07) is 0. The van der Waals surface area contributed by atoms with E-state index in [-0.39, 0.29) is 12.8 Å². The highest BCUT2D eigenvalue weighted by Crippen LogP contribution is 2.43. The lowest BCUT2D eigenvalue weighted by Gasteiger charge is -2.20. The zero-order valence-electron chi connectivity index (χ0n) is 38.9. The van der Waals surface area contributed by atoms with Gasteiger partial charge in [0.2, 0.25) is 0 Å². The van der Waals surface area contributed by atoms with E-state index in [1.165, 1.54) is 109 Å². The van der Waals surface area contributed by atoms with Gasteiger partial charge in [-0.25, -0.2) is 4.57 Å². The molecule has 3 unspecified atom stereocenters. The highest BCUT2D eigenvalue weighted by molar-refractivity contribution is 7.47. The molecule has 0 fully saturated rings. The number of aliphatic hydroxyl groups is 2. The summed E-state index contributed by atoms with van der Waals surface area (Å²) in [5.74, 6) is -1.04. The minimum absolute atomic E-state index is 0.164. The quantitative estimate of drug-likeness (QED) is 0.0233. The van der Waals surface area contributed by atoms with E-state index in [0.29, 0.717) is 12.8 Å². The van der Waals surface area contributed by atoms with Crippen molar-refractivity contribution >= 4 is 19.8 Å². The summed E-state index contributed by atoms with van der Waals surface area (Å²) in [6.07, 6.45) is 50.9. The maximum Gasteiger partial charge on any atom is 0.472 e. The van der Waals surface area contributed by atoms with Crippen LogP contribution in [0.3, 0.4) is 0 Å². The molecule has 0 rings (SSSR count). The summed E-state index contributed by atoms with van der Waals surface area (Å²) in [6.45, 7) is 2.10. The van der Waals surface area contributed by atoms with Gasteiger partial charge in [0.1, 0.15) is 12.2 Å². The number of phosphoric acid groups is 1. The molecule has 3 N–H and O–H groups in total. The van der Waals surface area contributed by atoms with E-state index in [1.54, 1.807) is 0 Å². The Hall–Kier alpha value is -2.07. The summed E-state index contributed by atoms with van der Waals surface area (Å²) < 4.78 is 32.7. The average molecular weight is 883 g/mol. The Balaban J connectivity index is 3.86. The number of carbonyl (C=O) groups is 2. The van der Waals surface area contributed by atoms with Crippen LogP contribution in [0.25, 0.3) is 0 Å². The predicted molar refractivity (Wildman–Crippen MR) is 251 cm³/mol. The van der Waals surface area contributed by atoms with Crippen LogP contribution in [0.15, 0.2) is 48.6 Å². The predicted octanol–water partition coefficient (Wildman–Crippen LogP) is 13.7. The van der Waals surface area contributed by atoms with Crippen molar-refractivity contribution in [1.82, 2.24) is 0 Å². The minimum atomic E-state index is -4.65. The number of aliphatic hydroxyl groups excluding tert-OH is 2. The SMILES string of the molecule is CC/C=C\C/C=C\C/C=C\C/C=C\CCCCCCC(=O)OC(CO)COP(=O)(O)OCC(CO)OC(=O)CCCCCCCCCCCCCCCCCCCCCCC. The molecule has 3 atom stereocenters. The van der Waals surface area contributed by atoms with Gasteiger partial charge in [0.25, 0.3) is 0 Å². The molecule has 0 aliphatic rings. The van der Waals surface area contributed by atoms with E-state index < -0.39 is 58.4 Å². The van der Waals surface area contributed by atoms with Crippen LogP contribution in [0.5, 0.6) is 0 Å². The molecule has 0 amide bonds. The van der Waals surface area contributed by atoms with Gasteiger partial charge in [-0.2, -0.15) is 0 Å². The normalized spacial score (nSPS) is 14.1. The lowest BCUT2D eigenvalue weighted by Crippen LogP contribution is -2.28. The molecule has 61 heavy (non-hydrogen) atoms. The van der Waals surface area contributed by atoms with Crippen molar-refractivity contribution in [3.8, 4) is 0 Å². The van der Waals surface area contributed by atoms with Crippen LogP contribution in [-0.2, 0) is 32.7 Å². The standard InChI is InChI=1S/C50H91O10P/c1-3-5-7-9-11-13-15-17-19-21-22-23-24-26-28-30-32-34-36-38-40-42-50(54)60-48(44-52)46-58-61(55,56)57-45-47(43-51)59-49(53)41-39-37-35-33-31-29-27-25-20-18-16-14-12-10-8-6-4-2/h6,8,12,14,18,20,27,29,47-48,51-52H,3-5,7,9-11,13,15-17,19,21-26,28,30-46H2,1-2H3,(H,55,56)/b8-6-,14-12-,20-18-,29-27-. The number of phosphoric ester groups is 1. The lowest BCUT2D eigenvalue weighted by atomic mass is 10.0. The number of esters is 2. The van der Waals surface area contributed by atoms with Crippen LogP contribution in [-0.4, -0.2) is 65.7 Å². The monoisotopic (exact) mass is 883 g/mol. The number of hydrogen-bond acceptors (Lipinski definition) is 9. The highest BCUT2D eigenvalue weighted by atomic mass is 31.2. The van der Waals surface area contributed by atoms with Crippen LogP contribution in [0.2, 0.25) is 0 Å². The van der Waals surface area contributed by atoms with Crippen molar-refractivity contribution in [2.75, 3.05) is 26.4 Å². The zero-order valence-corrected chi connectivity index (χ0v) is 39.8. The lowest BCUT2D eigenvalue weighted by molar-refractivity contribution is -0.153. The van der Waals surface area contributed by atoms with Crippen molar-refractivity contribution in [3.05, 3.63) is 48.6 Å². The van der Waals surface area contributed by atoms with Gasteiger partial charge in [-0.15, -0.1) is 0 Å². The number of ether oxygens (including phenoxy) is 2. The van der Waals surface area contributed by atoms with E-state index in [4.69, 9.17) is 18.5 Å². The third-order valence-corrected chi connectivity index (χ3v) is 11.5. The van der Waals surface area contributed by atoms with E-state index in [0.717, 1.165) is 70.6 Å². The Kier molecular flexibility index (Phi) is 44.4. The number of allylic oxidation sites excluding steroid dienone is 8. The van der Waals surface area contributed by atoms with Gasteiger partial charge in [-0.05, 0) is 51.4 Å². The van der Waals surface area contributed by atoms with Gasteiger partial charge in [0, 0.05) is 12.8 Å². The smallest absolute Gasteiger partial charge is 0.457 e. The fourth-order valence-electron chi connectivity index (χ4n) is 6.81. The first-order valence-corrected chi connectivity index (χ1v) is 26.1. The number of unbranched alkanes of at least 4 members (excludes halogenated alkanes) is 24. The molecule has 0 aromatic carbocycles. The largest absolute Gasteiger partial charge is 0.472 e. The van der Waals surface area contributed by atoms with Crippen LogP contribution >= 0.6 is 7.82 Å². The van der Waals surface area contributed by atoms with Crippen LogP contribution < -0.4 is 0 Å². The van der Waals surface area contributed by atoms with Gasteiger partial charge in [0.05, 0.1) is 26.4 Å². The van der Waals surface area contributed by atoms with Crippen molar-refractivity contribution in [1.29, 1.82) is 0 Å². The Morgan fingerprint density at radius 2 is 0.770 bits per heavy atom. The molecule has 0 aliphatic carbocycles. The van der Waals surface area contributed by atoms with Crippen molar-refractivity contribution in [2.24, 2.45) is 0 Å². The van der Waals surface area contributed by atoms with E-state index in [9.17, 15) is 29.3 Å². The summed E-state index contributed by atoms with van der Waals surface area (Å²) in [5, 5.41) is 19.2. The molecule has 0 bridgehead atoms. The maximum absolute atomic E-state index is 12.4. The molecular formula is C50H91O10P. The van der Waals surface area contributed by atoms with E-state index in [1.807, 2.05) is 0 Å². The van der Waals surface area contributed by atoms with Gasteiger partial charge >= 0.3 is 19.8 Å². The second-order valence-corrected chi connectivity index (χ2v) is 17.9. The summed E-state index contributed by atoms with van der Waals surface area (Å²) >= 11 is 0. The molecule has 0 heterocycles. The van der Waals surface area contributed by atoms with Crippen LogP contribution in [0.1, 0.15) is 219 Å². The van der Waals surface area contributed by atoms with E-state index in [2.05, 4.69) is 62.5 Å². The second-order valence-electron chi connectivity index (χ2n) is 16.4. The molecule has 0 aromatic rings. The van der Waals surface area contributed by atoms with E-state index >= 15 is 0 Å². The molecule has 356 valence electrons. The maximum atomic E-state index is 12.4. The minimum Gasteiger partial charge on any atom is -0.457 e. The Morgan fingerprint density at radius 1 is 0.459 bits per heavy atom. The van der Waals surface area contributed by atoms with Gasteiger partial charge in [-0.3, -0.25) is 18.6 Å². The number of rotatable bonds is 46. The molecule has 0 spiro atoms. The Labute approximate surface area is 373 Å². The van der Waals surface area contributed by atoms with Gasteiger partial charge in [0.15, 0.2) is 0 Å². The molecular weight excluding hydrogens is 792 g/mol. The fourth-order valence-corrected chi connectivity index (χ4v) is 7.60. The molecule has 0 saturated heterocycles. The number of hydrogen-bond donors (Lipinski definition) is 3. The van der Waals surface area contributed by atoms with Gasteiger partial charge < -0.3 is 24.6 Å². The van der Waals surface area contributed by atoms with Crippen LogP contribution in [0.4, 0.5) is 0 Å². The van der Waals surface area contributed by atoms with Gasteiger partial charge in [-0.1, -0.05) is 204 Å². The molecule has 0 aliphatic heterocycles. The number of carbonyl (C=O) groups excluding carboxylic acids is 2. The highest BCUT2D eigenvalue weighted by Gasteiger charge is 2.27. The average Bonchev–Trinajstić information content (AvgIpc) is 3.25. The second kappa shape index (κ2) is 45.9. The van der Waals surface area contributed by atoms with Crippen molar-refractivity contribution < 1.29 is 47.8 Å². The summed E-state index contributed by atoms with van der Waals surface area (Å²) in [4.78, 5) is 34.6. The first kappa shape index (κ1) is 58.9. The Morgan fingerprint density at radius 3 is 1.11 bits per heavy atom. The zero-order chi connectivity index (χ0) is 44.8.